The van der Waals surface area contributed by atoms with Crippen LogP contribution < -0.4 is 0 Å². The number of carbonyl (C=O) groups excluding carboxylic acids is 3. The number of aliphatic hydroxyl groups is 1. The quantitative estimate of drug-likeness (QED) is 0.253. The van der Waals surface area contributed by atoms with Crippen LogP contribution in [0.5, 0.6) is 0 Å². The maximum absolute atomic E-state index is 14.2. The smallest absolute Gasteiger partial charge is 0.485 e. The summed E-state index contributed by atoms with van der Waals surface area (Å²) < 4.78 is 23.5. The molecule has 1 aromatic carbocycles. The van der Waals surface area contributed by atoms with E-state index in [2.05, 4.69) is 4.84 Å². The van der Waals surface area contributed by atoms with E-state index in [1.807, 2.05) is 13.8 Å². The van der Waals surface area contributed by atoms with Crippen LogP contribution in [-0.2, 0) is 46.6 Å². The van der Waals surface area contributed by atoms with Crippen LogP contribution >= 0.6 is 0 Å². The van der Waals surface area contributed by atoms with Crippen LogP contribution in [0.15, 0.2) is 47.4 Å². The predicted octanol–water partition coefficient (Wildman–Crippen LogP) is 4.36. The molecule has 0 aromatic heterocycles. The number of allylic oxidation sites excluding steroid dienone is 2. The molecule has 4 aliphatic carbocycles. The van der Waals surface area contributed by atoms with Gasteiger partial charge in [-0.3, -0.25) is 9.59 Å². The van der Waals surface area contributed by atoms with E-state index in [-0.39, 0.29) is 55.5 Å². The Bertz CT molecular complexity index is 1470. The number of benzene rings is 1. The van der Waals surface area contributed by atoms with E-state index in [4.69, 9.17) is 18.9 Å². The van der Waals surface area contributed by atoms with Crippen molar-refractivity contribution in [2.24, 2.45) is 28.6 Å². The number of ketones is 2. The third kappa shape index (κ3) is 4.48. The van der Waals surface area contributed by atoms with Gasteiger partial charge in [0.2, 0.25) is 17.3 Å². The molecule has 3 saturated carbocycles. The van der Waals surface area contributed by atoms with Crippen molar-refractivity contribution < 1.29 is 48.4 Å². The first-order valence-electron chi connectivity index (χ1n) is 15.1. The number of ether oxygens (including phenoxy) is 4. The van der Waals surface area contributed by atoms with Crippen molar-refractivity contribution >= 4 is 17.7 Å². The number of hydrogen-bond acceptors (Lipinski definition) is 11. The summed E-state index contributed by atoms with van der Waals surface area (Å²) in [6.45, 7) is 4.90. The number of hydrogen-bond donors (Lipinski definition) is 1. The number of aliphatic hydroxyl groups excluding tert-OH is 1. The maximum Gasteiger partial charge on any atom is 0.509 e. The van der Waals surface area contributed by atoms with Gasteiger partial charge >= 0.3 is 6.16 Å². The van der Waals surface area contributed by atoms with Crippen LogP contribution in [0.2, 0.25) is 0 Å². The molecule has 7 atom stereocenters. The second kappa shape index (κ2) is 10.9. The Morgan fingerprint density at radius 2 is 1.93 bits per heavy atom. The summed E-state index contributed by atoms with van der Waals surface area (Å²) in [5, 5.41) is 21.7. The largest absolute Gasteiger partial charge is 0.509 e. The molecule has 12 nitrogen and oxygen atoms in total. The predicted molar refractivity (Wildman–Crippen MR) is 151 cm³/mol. The van der Waals surface area contributed by atoms with Crippen molar-refractivity contribution in [3.8, 4) is 0 Å². The van der Waals surface area contributed by atoms with Crippen molar-refractivity contribution in [1.29, 1.82) is 0 Å². The minimum absolute atomic E-state index is 0.0156. The van der Waals surface area contributed by atoms with Crippen molar-refractivity contribution in [2.75, 3.05) is 13.2 Å². The van der Waals surface area contributed by atoms with Crippen LogP contribution in [0.25, 0.3) is 0 Å². The zero-order chi connectivity index (χ0) is 31.4. The Labute approximate surface area is 254 Å². The third-order valence-electron chi connectivity index (χ3n) is 10.9. The van der Waals surface area contributed by atoms with Gasteiger partial charge in [-0.1, -0.05) is 36.8 Å². The lowest BCUT2D eigenvalue weighted by atomic mass is 9.45. The SMILES string of the molecule is CCOC(=O)O[C@@]12CCC3[C@@H]4CCC5=CC(=O)C(OCc6cccc(CO[N+](=O)[O-])c6)=C(OCC1=O)[C@]5(C)C4[C@@H](O)C[C@@]32C. The molecule has 0 amide bonds. The fourth-order valence-electron chi connectivity index (χ4n) is 9.11. The van der Waals surface area contributed by atoms with E-state index in [0.717, 1.165) is 5.57 Å². The molecule has 1 aromatic rings. The van der Waals surface area contributed by atoms with Crippen molar-refractivity contribution in [2.45, 2.75) is 77.8 Å². The minimum Gasteiger partial charge on any atom is -0.485 e. The summed E-state index contributed by atoms with van der Waals surface area (Å²) >= 11 is 0. The van der Waals surface area contributed by atoms with Gasteiger partial charge in [0.1, 0.15) is 13.2 Å². The molecular weight excluding hydrogens is 574 g/mol. The van der Waals surface area contributed by atoms with Crippen LogP contribution in [0.1, 0.15) is 64.0 Å². The fraction of sp³-hybridized carbons (Fsp3) is 0.594. The molecule has 6 bridgehead atoms. The number of rotatable bonds is 8. The summed E-state index contributed by atoms with van der Waals surface area (Å²) in [6, 6.07) is 6.82. The molecule has 7 rings (SSSR count). The monoisotopic (exact) mass is 611 g/mol. The summed E-state index contributed by atoms with van der Waals surface area (Å²) in [5.41, 5.74) is -1.25. The standard InChI is InChI=1S/C32H37NO11/c1-4-40-29(37)44-32-11-10-22-21-9-8-20-13-23(34)27(41-15-18-6-5-7-19(12-18)16-43-33(38)39)28(42-17-25(32)36)31(20,3)26(21)24(35)14-30(22,32)2/h5-7,12-13,21-22,24,26,35H,4,8-11,14-17H2,1-3H3/t21-,22?,24-,26?,30-,31-,32-/m0/s1. The average molecular weight is 612 g/mol. The highest BCUT2D eigenvalue weighted by Crippen LogP contribution is 2.69. The van der Waals surface area contributed by atoms with Crippen molar-refractivity contribution in [1.82, 2.24) is 0 Å². The maximum atomic E-state index is 14.2. The van der Waals surface area contributed by atoms with E-state index in [9.17, 15) is 29.6 Å². The van der Waals surface area contributed by atoms with Gasteiger partial charge in [0.15, 0.2) is 18.0 Å². The number of carbonyl (C=O) groups is 3. The van der Waals surface area contributed by atoms with Crippen LogP contribution in [-0.4, -0.2) is 52.8 Å². The van der Waals surface area contributed by atoms with E-state index >= 15 is 0 Å². The average Bonchev–Trinajstić information content (AvgIpc) is 3.25. The Morgan fingerprint density at radius 1 is 1.18 bits per heavy atom. The molecule has 0 spiro atoms. The number of nitrogens with zero attached hydrogens (tertiary/aromatic N) is 1. The van der Waals surface area contributed by atoms with Crippen LogP contribution in [0.3, 0.4) is 0 Å². The van der Waals surface area contributed by atoms with E-state index in [1.54, 1.807) is 37.3 Å². The van der Waals surface area contributed by atoms with Gasteiger partial charge in [-0.2, -0.15) is 0 Å². The Balaban J connectivity index is 1.40. The van der Waals surface area contributed by atoms with Gasteiger partial charge in [-0.05, 0) is 75.0 Å². The van der Waals surface area contributed by atoms with Gasteiger partial charge in [-0.25, -0.2) is 4.79 Å². The van der Waals surface area contributed by atoms with Gasteiger partial charge in [0.25, 0.3) is 5.09 Å². The fourth-order valence-corrected chi connectivity index (χ4v) is 9.11. The minimum atomic E-state index is -1.55. The third-order valence-corrected chi connectivity index (χ3v) is 10.9. The molecule has 12 heteroatoms. The number of fused-ring (bicyclic) bond motifs is 3. The first-order valence-corrected chi connectivity index (χ1v) is 15.1. The molecule has 236 valence electrons. The van der Waals surface area contributed by atoms with Gasteiger partial charge in [0, 0.05) is 11.3 Å². The molecular formula is C32H37NO11. The first kappa shape index (κ1) is 30.1. The van der Waals surface area contributed by atoms with Gasteiger partial charge < -0.3 is 28.9 Å². The zero-order valence-corrected chi connectivity index (χ0v) is 25.0. The molecule has 6 aliphatic rings. The van der Waals surface area contributed by atoms with Crippen molar-refractivity contribution in [3.63, 3.8) is 0 Å². The Morgan fingerprint density at radius 3 is 2.66 bits per heavy atom. The summed E-state index contributed by atoms with van der Waals surface area (Å²) in [4.78, 5) is 55.6. The highest BCUT2D eigenvalue weighted by Gasteiger charge is 2.72. The lowest BCUT2D eigenvalue weighted by Gasteiger charge is -2.61. The molecule has 2 unspecified atom stereocenters. The summed E-state index contributed by atoms with van der Waals surface area (Å²) in [5.74, 6) is -1.07. The van der Waals surface area contributed by atoms with Gasteiger partial charge in [-0.15, -0.1) is 10.1 Å². The normalized spacial score (nSPS) is 35.4. The van der Waals surface area contributed by atoms with E-state index in [1.165, 1.54) is 0 Å². The highest BCUT2D eigenvalue weighted by atomic mass is 16.9. The summed E-state index contributed by atoms with van der Waals surface area (Å²) in [6.07, 6.45) is 2.27. The highest BCUT2D eigenvalue weighted by molar-refractivity contribution is 6.05. The van der Waals surface area contributed by atoms with Crippen molar-refractivity contribution in [3.05, 3.63) is 68.7 Å². The molecule has 2 aliphatic heterocycles. The number of Topliss-reactive ketones (excluding diaryl/α,β-unsaturated/α-hetero) is 1. The molecule has 1 N–H and O–H groups in total. The summed E-state index contributed by atoms with van der Waals surface area (Å²) in [7, 11) is 0. The molecule has 2 heterocycles. The van der Waals surface area contributed by atoms with Gasteiger partial charge in [0.05, 0.1) is 18.1 Å². The lowest BCUT2D eigenvalue weighted by Crippen LogP contribution is -2.64. The second-order valence-electron chi connectivity index (χ2n) is 12.9. The molecule has 44 heavy (non-hydrogen) atoms. The zero-order valence-electron chi connectivity index (χ0n) is 25.0. The van der Waals surface area contributed by atoms with E-state index in [0.29, 0.717) is 36.8 Å². The van der Waals surface area contributed by atoms with Crippen LogP contribution in [0.4, 0.5) is 4.79 Å². The molecule has 5 fully saturated rings. The Hall–Kier alpha value is -3.93. The Kier molecular flexibility index (Phi) is 7.46. The lowest BCUT2D eigenvalue weighted by molar-refractivity contribution is -0.763. The topological polar surface area (TPSA) is 161 Å². The first-order chi connectivity index (χ1) is 20.9. The van der Waals surface area contributed by atoms with E-state index < -0.39 is 52.0 Å². The molecule has 2 saturated heterocycles. The van der Waals surface area contributed by atoms with Crippen LogP contribution in [0, 0.1) is 38.7 Å². The second-order valence-corrected chi connectivity index (χ2v) is 12.9. The molecule has 0 radical (unpaired) electrons.